The molecule has 0 aromatic carbocycles. The van der Waals surface area contributed by atoms with Crippen molar-refractivity contribution in [2.75, 3.05) is 13.1 Å². The number of rotatable bonds is 5. The number of amides is 2. The summed E-state index contributed by atoms with van der Waals surface area (Å²) in [5, 5.41) is 6.13. The first-order valence-corrected chi connectivity index (χ1v) is 10.9. The summed E-state index contributed by atoms with van der Waals surface area (Å²) in [6, 6.07) is 0. The van der Waals surface area contributed by atoms with Gasteiger partial charge in [0.25, 0.3) is 0 Å². The van der Waals surface area contributed by atoms with Crippen LogP contribution in [0.25, 0.3) is 0 Å². The summed E-state index contributed by atoms with van der Waals surface area (Å²) in [7, 11) is 0. The Kier molecular flexibility index (Phi) is 6.68. The molecule has 1 aliphatic heterocycles. The van der Waals surface area contributed by atoms with Crippen molar-refractivity contribution in [1.29, 1.82) is 0 Å². The molecule has 1 aromatic rings. The Balaban J connectivity index is 1.47. The van der Waals surface area contributed by atoms with Gasteiger partial charge in [-0.3, -0.25) is 9.59 Å². The lowest BCUT2D eigenvalue weighted by Gasteiger charge is -2.34. The number of piperidine rings is 1. The molecule has 0 atom stereocenters. The molecule has 2 fully saturated rings. The van der Waals surface area contributed by atoms with Crippen LogP contribution in [0.15, 0.2) is 5.38 Å². The maximum atomic E-state index is 12.7. The molecule has 1 aromatic heterocycles. The fraction of sp³-hybridized carbons (Fsp3) is 0.750. The van der Waals surface area contributed by atoms with Gasteiger partial charge in [0.15, 0.2) is 0 Å². The number of hydrogen-bond acceptors (Lipinski definition) is 4. The van der Waals surface area contributed by atoms with Crippen LogP contribution in [0, 0.1) is 11.8 Å². The molecule has 0 radical (unpaired) electrons. The zero-order valence-electron chi connectivity index (χ0n) is 16.0. The second-order valence-corrected chi connectivity index (χ2v) is 8.87. The zero-order chi connectivity index (χ0) is 18.5. The number of thiazole rings is 1. The van der Waals surface area contributed by atoms with Gasteiger partial charge >= 0.3 is 0 Å². The summed E-state index contributed by atoms with van der Waals surface area (Å²) in [5.41, 5.74) is 0.944. The second kappa shape index (κ2) is 8.98. The molecule has 1 saturated heterocycles. The fourth-order valence-electron chi connectivity index (χ4n) is 3.93. The molecule has 0 bridgehead atoms. The number of nitrogens with one attached hydrogen (secondary N) is 1. The molecule has 26 heavy (non-hydrogen) atoms. The van der Waals surface area contributed by atoms with Crippen LogP contribution in [-0.2, 0) is 16.1 Å². The van der Waals surface area contributed by atoms with E-state index in [0.717, 1.165) is 49.5 Å². The normalized spacial score (nSPS) is 19.7. The zero-order valence-corrected chi connectivity index (χ0v) is 16.8. The molecular weight excluding hydrogens is 346 g/mol. The van der Waals surface area contributed by atoms with Crippen molar-refractivity contribution in [1.82, 2.24) is 15.2 Å². The monoisotopic (exact) mass is 377 g/mol. The Morgan fingerprint density at radius 2 is 1.88 bits per heavy atom. The van der Waals surface area contributed by atoms with Crippen LogP contribution in [0.4, 0.5) is 0 Å². The molecule has 144 valence electrons. The van der Waals surface area contributed by atoms with E-state index in [9.17, 15) is 9.59 Å². The third-order valence-electron chi connectivity index (χ3n) is 5.65. The summed E-state index contributed by atoms with van der Waals surface area (Å²) in [5.74, 6) is 1.17. The second-order valence-electron chi connectivity index (χ2n) is 7.98. The van der Waals surface area contributed by atoms with Gasteiger partial charge in [-0.1, -0.05) is 33.1 Å². The molecule has 0 spiro atoms. The van der Waals surface area contributed by atoms with E-state index >= 15 is 0 Å². The van der Waals surface area contributed by atoms with Crippen LogP contribution < -0.4 is 5.32 Å². The molecule has 2 aliphatic rings. The number of hydrogen-bond donors (Lipinski definition) is 1. The lowest BCUT2D eigenvalue weighted by molar-refractivity contribution is -0.137. The molecule has 5 nitrogen and oxygen atoms in total. The van der Waals surface area contributed by atoms with Crippen molar-refractivity contribution >= 4 is 23.2 Å². The van der Waals surface area contributed by atoms with Gasteiger partial charge in [-0.25, -0.2) is 4.98 Å². The van der Waals surface area contributed by atoms with Gasteiger partial charge in [0, 0.05) is 36.2 Å². The third-order valence-corrected chi connectivity index (χ3v) is 6.70. The molecule has 1 N–H and O–H groups in total. The summed E-state index contributed by atoms with van der Waals surface area (Å²) in [6.07, 6.45) is 7.88. The Labute approximate surface area is 160 Å². The molecule has 2 amide bonds. The highest BCUT2D eigenvalue weighted by molar-refractivity contribution is 7.09. The lowest BCUT2D eigenvalue weighted by atomic mass is 9.87. The van der Waals surface area contributed by atoms with Crippen molar-refractivity contribution < 1.29 is 9.59 Å². The molecule has 3 rings (SSSR count). The van der Waals surface area contributed by atoms with Crippen LogP contribution in [0.5, 0.6) is 0 Å². The number of aromatic nitrogens is 1. The molecule has 6 heteroatoms. The smallest absolute Gasteiger partial charge is 0.225 e. The van der Waals surface area contributed by atoms with Gasteiger partial charge in [0.05, 0.1) is 17.2 Å². The first-order valence-electron chi connectivity index (χ1n) is 10.1. The number of likely N-dealkylation sites (tertiary alicyclic amines) is 1. The van der Waals surface area contributed by atoms with E-state index in [1.165, 1.54) is 19.3 Å². The lowest BCUT2D eigenvalue weighted by Crippen LogP contribution is -2.41. The van der Waals surface area contributed by atoms with Gasteiger partial charge in [0.2, 0.25) is 11.8 Å². The first kappa shape index (κ1) is 19.3. The average molecular weight is 378 g/mol. The van der Waals surface area contributed by atoms with Gasteiger partial charge in [0.1, 0.15) is 0 Å². The van der Waals surface area contributed by atoms with E-state index in [1.54, 1.807) is 11.3 Å². The predicted molar refractivity (Wildman–Crippen MR) is 104 cm³/mol. The SMILES string of the molecule is CC(C)C(=O)NCc1csc(C2CCN(C(=O)C3CCCCC3)CC2)n1. The quantitative estimate of drug-likeness (QED) is 0.851. The van der Waals surface area contributed by atoms with Crippen LogP contribution in [-0.4, -0.2) is 34.8 Å². The standard InChI is InChI=1S/C20H31N3O2S/c1-14(2)18(24)21-12-17-13-26-19(22-17)15-8-10-23(11-9-15)20(25)16-6-4-3-5-7-16/h13-16H,3-12H2,1-2H3,(H,21,24). The third kappa shape index (κ3) is 4.84. The number of carbonyl (C=O) groups is 2. The van der Waals surface area contributed by atoms with E-state index in [1.807, 2.05) is 13.8 Å². The van der Waals surface area contributed by atoms with Crippen molar-refractivity contribution in [2.24, 2.45) is 11.8 Å². The molecular formula is C20H31N3O2S. The van der Waals surface area contributed by atoms with E-state index in [4.69, 9.17) is 4.98 Å². The summed E-state index contributed by atoms with van der Waals surface area (Å²) >= 11 is 1.69. The Morgan fingerprint density at radius 1 is 1.19 bits per heavy atom. The molecule has 1 saturated carbocycles. The van der Waals surface area contributed by atoms with E-state index in [2.05, 4.69) is 15.6 Å². The minimum Gasteiger partial charge on any atom is -0.350 e. The Hall–Kier alpha value is -1.43. The van der Waals surface area contributed by atoms with Crippen molar-refractivity contribution in [3.8, 4) is 0 Å². The molecule has 2 heterocycles. The van der Waals surface area contributed by atoms with Crippen LogP contribution in [0.2, 0.25) is 0 Å². The largest absolute Gasteiger partial charge is 0.350 e. The minimum absolute atomic E-state index is 0.000801. The van der Waals surface area contributed by atoms with Gasteiger partial charge in [-0.05, 0) is 25.7 Å². The topological polar surface area (TPSA) is 62.3 Å². The van der Waals surface area contributed by atoms with Crippen molar-refractivity contribution in [3.05, 3.63) is 16.1 Å². The van der Waals surface area contributed by atoms with E-state index < -0.39 is 0 Å². The van der Waals surface area contributed by atoms with Crippen LogP contribution >= 0.6 is 11.3 Å². The van der Waals surface area contributed by atoms with Crippen molar-refractivity contribution in [2.45, 2.75) is 71.3 Å². The van der Waals surface area contributed by atoms with E-state index in [0.29, 0.717) is 18.4 Å². The number of nitrogens with zero attached hydrogens (tertiary/aromatic N) is 2. The molecule has 1 aliphatic carbocycles. The van der Waals surface area contributed by atoms with Crippen molar-refractivity contribution in [3.63, 3.8) is 0 Å². The maximum Gasteiger partial charge on any atom is 0.225 e. The summed E-state index contributed by atoms with van der Waals surface area (Å²) < 4.78 is 0. The number of carbonyl (C=O) groups excluding carboxylic acids is 2. The highest BCUT2D eigenvalue weighted by atomic mass is 32.1. The van der Waals surface area contributed by atoms with Crippen LogP contribution in [0.1, 0.15) is 75.4 Å². The van der Waals surface area contributed by atoms with E-state index in [-0.39, 0.29) is 17.7 Å². The highest BCUT2D eigenvalue weighted by Gasteiger charge is 2.30. The fourth-order valence-corrected chi connectivity index (χ4v) is 4.92. The molecule has 0 unspecified atom stereocenters. The maximum absolute atomic E-state index is 12.7. The Morgan fingerprint density at radius 3 is 2.54 bits per heavy atom. The predicted octanol–water partition coefficient (Wildman–Crippen LogP) is 3.70. The van der Waals surface area contributed by atoms with Crippen LogP contribution in [0.3, 0.4) is 0 Å². The van der Waals surface area contributed by atoms with Gasteiger partial charge in [-0.2, -0.15) is 0 Å². The highest BCUT2D eigenvalue weighted by Crippen LogP contribution is 2.32. The van der Waals surface area contributed by atoms with Gasteiger partial charge < -0.3 is 10.2 Å². The first-order chi connectivity index (χ1) is 12.5. The summed E-state index contributed by atoms with van der Waals surface area (Å²) in [4.78, 5) is 31.2. The van der Waals surface area contributed by atoms with Gasteiger partial charge in [-0.15, -0.1) is 11.3 Å². The summed E-state index contributed by atoms with van der Waals surface area (Å²) in [6.45, 7) is 6.01. The minimum atomic E-state index is -0.000801. The Bertz CT molecular complexity index is 614. The average Bonchev–Trinajstić information content (AvgIpc) is 3.15.